The number of aryl methyl sites for hydroxylation is 1. The molecule has 0 saturated heterocycles. The summed E-state index contributed by atoms with van der Waals surface area (Å²) in [5, 5.41) is 5.41. The maximum Gasteiger partial charge on any atom is 0.229 e. The normalized spacial score (nSPS) is 19.2. The quantitative estimate of drug-likeness (QED) is 0.708. The van der Waals surface area contributed by atoms with E-state index in [-0.39, 0.29) is 23.6 Å². The Morgan fingerprint density at radius 1 is 1.29 bits per heavy atom. The Kier molecular flexibility index (Phi) is 3.94. The topological polar surface area (TPSA) is 42.0 Å². The van der Waals surface area contributed by atoms with Crippen molar-refractivity contribution in [3.05, 3.63) is 58.0 Å². The molecule has 3 aromatic rings. The number of hydrogen-bond acceptors (Lipinski definition) is 4. The van der Waals surface area contributed by atoms with Gasteiger partial charge in [-0.1, -0.05) is 18.2 Å². The lowest BCUT2D eigenvalue weighted by Crippen LogP contribution is -2.14. The maximum absolute atomic E-state index is 13.8. The minimum atomic E-state index is -0.234. The molecule has 1 aliphatic carbocycles. The number of carbonyl (C=O) groups excluding carboxylic acids is 1. The Labute approximate surface area is 147 Å². The first-order chi connectivity index (χ1) is 11.6. The van der Waals surface area contributed by atoms with Crippen LogP contribution in [0.4, 0.5) is 9.52 Å². The average molecular weight is 358 g/mol. The maximum atomic E-state index is 13.8. The van der Waals surface area contributed by atoms with Crippen LogP contribution in [0.1, 0.15) is 22.8 Å². The Bertz CT molecular complexity index is 902. The lowest BCUT2D eigenvalue weighted by molar-refractivity contribution is -0.117. The first-order valence-corrected chi connectivity index (χ1v) is 9.39. The van der Waals surface area contributed by atoms with Gasteiger partial charge in [0.25, 0.3) is 0 Å². The van der Waals surface area contributed by atoms with Gasteiger partial charge in [0, 0.05) is 16.2 Å². The molecule has 6 heteroatoms. The number of thiazole rings is 1. The summed E-state index contributed by atoms with van der Waals surface area (Å²) in [6, 6.07) is 10.8. The van der Waals surface area contributed by atoms with E-state index in [1.165, 1.54) is 22.3 Å². The van der Waals surface area contributed by atoms with Crippen molar-refractivity contribution in [3.63, 3.8) is 0 Å². The Morgan fingerprint density at radius 3 is 2.88 bits per heavy atom. The van der Waals surface area contributed by atoms with E-state index in [0.717, 1.165) is 10.6 Å². The summed E-state index contributed by atoms with van der Waals surface area (Å²) < 4.78 is 13.8. The molecule has 1 aromatic carbocycles. The van der Waals surface area contributed by atoms with Crippen LogP contribution in [-0.4, -0.2) is 10.9 Å². The van der Waals surface area contributed by atoms with E-state index in [2.05, 4.69) is 23.3 Å². The van der Waals surface area contributed by atoms with E-state index in [0.29, 0.717) is 17.1 Å². The van der Waals surface area contributed by atoms with Crippen LogP contribution >= 0.6 is 22.7 Å². The van der Waals surface area contributed by atoms with Gasteiger partial charge in [-0.25, -0.2) is 9.37 Å². The van der Waals surface area contributed by atoms with Crippen molar-refractivity contribution in [2.75, 3.05) is 5.32 Å². The number of aromatic nitrogens is 1. The lowest BCUT2D eigenvalue weighted by atomic mass is 10.1. The van der Waals surface area contributed by atoms with E-state index in [1.807, 2.05) is 17.5 Å². The van der Waals surface area contributed by atoms with Crippen LogP contribution in [-0.2, 0) is 4.79 Å². The van der Waals surface area contributed by atoms with Gasteiger partial charge in [0.05, 0.1) is 10.6 Å². The molecule has 1 aliphatic rings. The highest BCUT2D eigenvalue weighted by atomic mass is 32.1. The SMILES string of the molecule is Cc1ccc(-c2csc(NC(=O)C3CC3c3ccccc3F)n2)s1. The first kappa shape index (κ1) is 15.5. The molecule has 0 radical (unpaired) electrons. The minimum absolute atomic E-state index is 0.0226. The molecule has 2 atom stereocenters. The number of nitrogens with zero attached hydrogens (tertiary/aromatic N) is 1. The molecule has 2 heterocycles. The fourth-order valence-electron chi connectivity index (χ4n) is 2.82. The van der Waals surface area contributed by atoms with Gasteiger partial charge in [-0.3, -0.25) is 4.79 Å². The summed E-state index contributed by atoms with van der Waals surface area (Å²) in [6.07, 6.45) is 0.690. The number of anilines is 1. The number of rotatable bonds is 4. The van der Waals surface area contributed by atoms with Crippen LogP contribution in [0.3, 0.4) is 0 Å². The van der Waals surface area contributed by atoms with E-state index < -0.39 is 0 Å². The van der Waals surface area contributed by atoms with Gasteiger partial charge in [0.2, 0.25) is 5.91 Å². The summed E-state index contributed by atoms with van der Waals surface area (Å²) >= 11 is 3.10. The van der Waals surface area contributed by atoms with E-state index in [4.69, 9.17) is 0 Å². The molecule has 0 aliphatic heterocycles. The fourth-order valence-corrected chi connectivity index (χ4v) is 4.44. The fraction of sp³-hybridized carbons (Fsp3) is 0.222. The number of nitrogens with one attached hydrogen (secondary N) is 1. The van der Waals surface area contributed by atoms with Crippen molar-refractivity contribution in [2.45, 2.75) is 19.3 Å². The molecule has 2 unspecified atom stereocenters. The highest BCUT2D eigenvalue weighted by Crippen LogP contribution is 2.48. The number of thiophene rings is 1. The van der Waals surface area contributed by atoms with Crippen molar-refractivity contribution >= 4 is 33.7 Å². The second kappa shape index (κ2) is 6.11. The van der Waals surface area contributed by atoms with Crippen LogP contribution in [0.5, 0.6) is 0 Å². The summed E-state index contributed by atoms with van der Waals surface area (Å²) in [5.74, 6) is -0.502. The third kappa shape index (κ3) is 2.99. The van der Waals surface area contributed by atoms with Crippen LogP contribution in [0.15, 0.2) is 41.8 Å². The number of halogens is 1. The van der Waals surface area contributed by atoms with Gasteiger partial charge in [-0.2, -0.15) is 0 Å². The zero-order valence-electron chi connectivity index (χ0n) is 13.0. The van der Waals surface area contributed by atoms with Crippen LogP contribution in [0.2, 0.25) is 0 Å². The zero-order chi connectivity index (χ0) is 16.7. The Morgan fingerprint density at radius 2 is 2.12 bits per heavy atom. The predicted octanol–water partition coefficient (Wildman–Crippen LogP) is 5.06. The summed E-state index contributed by atoms with van der Waals surface area (Å²) in [6.45, 7) is 2.05. The van der Waals surface area contributed by atoms with E-state index >= 15 is 0 Å². The number of benzene rings is 1. The van der Waals surface area contributed by atoms with E-state index in [9.17, 15) is 9.18 Å². The van der Waals surface area contributed by atoms with Gasteiger partial charge >= 0.3 is 0 Å². The zero-order valence-corrected chi connectivity index (χ0v) is 14.6. The number of amides is 1. The van der Waals surface area contributed by atoms with Gasteiger partial charge < -0.3 is 5.32 Å². The van der Waals surface area contributed by atoms with Crippen LogP contribution in [0, 0.1) is 18.7 Å². The Balaban J connectivity index is 1.43. The molecule has 0 spiro atoms. The monoisotopic (exact) mass is 358 g/mol. The second-order valence-corrected chi connectivity index (χ2v) is 8.05. The molecule has 1 N–H and O–H groups in total. The summed E-state index contributed by atoms with van der Waals surface area (Å²) in [7, 11) is 0. The summed E-state index contributed by atoms with van der Waals surface area (Å²) in [5.41, 5.74) is 1.52. The van der Waals surface area contributed by atoms with Crippen molar-refractivity contribution in [1.29, 1.82) is 0 Å². The third-order valence-electron chi connectivity index (χ3n) is 4.16. The molecular formula is C18H15FN2OS2. The highest BCUT2D eigenvalue weighted by Gasteiger charge is 2.45. The molecular weight excluding hydrogens is 343 g/mol. The smallest absolute Gasteiger partial charge is 0.229 e. The second-order valence-electron chi connectivity index (χ2n) is 5.91. The van der Waals surface area contributed by atoms with Gasteiger partial charge in [0.15, 0.2) is 5.13 Å². The Hall–Kier alpha value is -2.05. The number of hydrogen-bond donors (Lipinski definition) is 1. The van der Waals surface area contributed by atoms with Crippen LogP contribution < -0.4 is 5.32 Å². The molecule has 1 fully saturated rings. The van der Waals surface area contributed by atoms with Gasteiger partial charge in [0.1, 0.15) is 5.82 Å². The average Bonchev–Trinajstić information content (AvgIpc) is 3.02. The molecule has 4 rings (SSSR count). The van der Waals surface area contributed by atoms with Crippen molar-refractivity contribution < 1.29 is 9.18 Å². The lowest BCUT2D eigenvalue weighted by Gasteiger charge is -2.02. The third-order valence-corrected chi connectivity index (χ3v) is 5.94. The molecule has 24 heavy (non-hydrogen) atoms. The molecule has 3 nitrogen and oxygen atoms in total. The van der Waals surface area contributed by atoms with Crippen LogP contribution in [0.25, 0.3) is 10.6 Å². The molecule has 122 valence electrons. The summed E-state index contributed by atoms with van der Waals surface area (Å²) in [4.78, 5) is 19.2. The van der Waals surface area contributed by atoms with Crippen molar-refractivity contribution in [1.82, 2.24) is 4.98 Å². The first-order valence-electron chi connectivity index (χ1n) is 7.69. The largest absolute Gasteiger partial charge is 0.302 e. The predicted molar refractivity (Wildman–Crippen MR) is 96.0 cm³/mol. The van der Waals surface area contributed by atoms with E-state index in [1.54, 1.807) is 23.5 Å². The standard InChI is InChI=1S/C18H15FN2OS2/c1-10-6-7-16(24-10)15-9-23-18(20-15)21-17(22)13-8-12(13)11-4-2-3-5-14(11)19/h2-7,9,12-13H,8H2,1H3,(H,20,21,22). The van der Waals surface area contributed by atoms with Gasteiger partial charge in [-0.05, 0) is 43.0 Å². The number of carbonyl (C=O) groups is 1. The molecule has 2 aromatic heterocycles. The molecule has 1 saturated carbocycles. The van der Waals surface area contributed by atoms with Crippen molar-refractivity contribution in [2.24, 2.45) is 5.92 Å². The minimum Gasteiger partial charge on any atom is -0.302 e. The molecule has 1 amide bonds. The van der Waals surface area contributed by atoms with Crippen molar-refractivity contribution in [3.8, 4) is 10.6 Å². The van der Waals surface area contributed by atoms with Gasteiger partial charge in [-0.15, -0.1) is 22.7 Å². The highest BCUT2D eigenvalue weighted by molar-refractivity contribution is 7.17. The molecule has 0 bridgehead atoms.